The van der Waals surface area contributed by atoms with E-state index in [1.807, 2.05) is 24.3 Å². The van der Waals surface area contributed by atoms with Crippen LogP contribution in [-0.4, -0.2) is 6.29 Å². The van der Waals surface area contributed by atoms with E-state index in [0.29, 0.717) is 0 Å². The zero-order valence-electron chi connectivity index (χ0n) is 8.08. The summed E-state index contributed by atoms with van der Waals surface area (Å²) in [7, 11) is 0. The van der Waals surface area contributed by atoms with Crippen molar-refractivity contribution in [2.45, 2.75) is 20.3 Å². The van der Waals surface area contributed by atoms with Gasteiger partial charge >= 0.3 is 0 Å². The predicted molar refractivity (Wildman–Crippen MR) is 55.0 cm³/mol. The van der Waals surface area contributed by atoms with Crippen LogP contribution in [0.3, 0.4) is 0 Å². The fourth-order valence-electron chi connectivity index (χ4n) is 1.12. The number of carbonyl (C=O) groups excluding carboxylic acids is 1. The lowest BCUT2D eigenvalue weighted by molar-refractivity contribution is 0.112. The van der Waals surface area contributed by atoms with Crippen molar-refractivity contribution in [1.82, 2.24) is 0 Å². The fourth-order valence-corrected chi connectivity index (χ4v) is 1.12. The van der Waals surface area contributed by atoms with Gasteiger partial charge in [-0.2, -0.15) is 0 Å². The number of allylic oxidation sites excluding steroid dienone is 2. The first kappa shape index (κ1) is 9.72. The van der Waals surface area contributed by atoms with Gasteiger partial charge in [-0.3, -0.25) is 4.79 Å². The van der Waals surface area contributed by atoms with Gasteiger partial charge in [0.05, 0.1) is 0 Å². The summed E-state index contributed by atoms with van der Waals surface area (Å²) in [6.45, 7) is 4.15. The number of hydrogen-bond donors (Lipinski definition) is 0. The van der Waals surface area contributed by atoms with Crippen molar-refractivity contribution in [2.24, 2.45) is 0 Å². The van der Waals surface area contributed by atoms with Crippen LogP contribution in [0.5, 0.6) is 0 Å². The monoisotopic (exact) mass is 174 g/mol. The van der Waals surface area contributed by atoms with Crippen LogP contribution >= 0.6 is 0 Å². The molecule has 0 radical (unpaired) electrons. The minimum Gasteiger partial charge on any atom is -0.298 e. The van der Waals surface area contributed by atoms with Crippen LogP contribution in [0.15, 0.2) is 35.9 Å². The van der Waals surface area contributed by atoms with Crippen molar-refractivity contribution >= 4 is 6.29 Å². The minimum atomic E-state index is 0.750. The summed E-state index contributed by atoms with van der Waals surface area (Å²) in [5.74, 6) is 0. The molecule has 0 atom stereocenters. The second-order valence-corrected chi connectivity index (χ2v) is 3.35. The Morgan fingerprint density at radius 1 is 1.38 bits per heavy atom. The lowest BCUT2D eigenvalue weighted by Crippen LogP contribution is -1.85. The van der Waals surface area contributed by atoms with Gasteiger partial charge in [-0.15, -0.1) is 0 Å². The minimum absolute atomic E-state index is 0.750. The molecule has 0 amide bonds. The molecule has 0 fully saturated rings. The van der Waals surface area contributed by atoms with E-state index in [4.69, 9.17) is 0 Å². The molecule has 0 saturated heterocycles. The molecule has 0 unspecified atom stereocenters. The predicted octanol–water partition coefficient (Wildman–Crippen LogP) is 3.01. The molecule has 0 saturated carbocycles. The van der Waals surface area contributed by atoms with Gasteiger partial charge in [-0.25, -0.2) is 0 Å². The Kier molecular flexibility index (Phi) is 3.44. The Balaban J connectivity index is 2.77. The molecule has 0 aliphatic carbocycles. The molecule has 0 aliphatic heterocycles. The van der Waals surface area contributed by atoms with Gasteiger partial charge in [-0.05, 0) is 31.9 Å². The Bertz CT molecular complexity index is 320. The Morgan fingerprint density at radius 2 is 2.15 bits per heavy atom. The molecule has 0 spiro atoms. The van der Waals surface area contributed by atoms with E-state index in [9.17, 15) is 4.79 Å². The maximum Gasteiger partial charge on any atom is 0.150 e. The standard InChI is InChI=1S/C12H14O/c1-10(2)6-7-11-4-3-5-12(8-11)9-13/h3-6,8-9H,7H2,1-2H3. The molecule has 1 nitrogen and oxygen atoms in total. The number of benzene rings is 1. The van der Waals surface area contributed by atoms with Gasteiger partial charge in [0, 0.05) is 5.56 Å². The van der Waals surface area contributed by atoms with Crippen LogP contribution in [-0.2, 0) is 6.42 Å². The second kappa shape index (κ2) is 4.61. The quantitative estimate of drug-likeness (QED) is 0.508. The highest BCUT2D eigenvalue weighted by Gasteiger charge is 1.92. The van der Waals surface area contributed by atoms with Crippen LogP contribution in [0.1, 0.15) is 29.8 Å². The highest BCUT2D eigenvalue weighted by Crippen LogP contribution is 2.05. The molecule has 0 aromatic heterocycles. The normalized spacial score (nSPS) is 9.38. The number of carbonyl (C=O) groups is 1. The number of hydrogen-bond acceptors (Lipinski definition) is 1. The Morgan fingerprint density at radius 3 is 2.77 bits per heavy atom. The molecule has 13 heavy (non-hydrogen) atoms. The molecule has 0 heterocycles. The van der Waals surface area contributed by atoms with E-state index in [-0.39, 0.29) is 0 Å². The molecule has 68 valence electrons. The van der Waals surface area contributed by atoms with Crippen LogP contribution in [0.2, 0.25) is 0 Å². The topological polar surface area (TPSA) is 17.1 Å². The van der Waals surface area contributed by atoms with Crippen molar-refractivity contribution < 1.29 is 4.79 Å². The van der Waals surface area contributed by atoms with Gasteiger partial charge in [-0.1, -0.05) is 29.8 Å². The van der Waals surface area contributed by atoms with Gasteiger partial charge in [0.15, 0.2) is 0 Å². The maximum absolute atomic E-state index is 10.5. The fraction of sp³-hybridized carbons (Fsp3) is 0.250. The lowest BCUT2D eigenvalue weighted by Gasteiger charge is -1.97. The molecule has 0 aliphatic rings. The van der Waals surface area contributed by atoms with Gasteiger partial charge in [0.2, 0.25) is 0 Å². The summed E-state index contributed by atoms with van der Waals surface area (Å²) >= 11 is 0. The SMILES string of the molecule is CC(C)=CCc1cccc(C=O)c1. The van der Waals surface area contributed by atoms with E-state index in [1.54, 1.807) is 0 Å². The first-order chi connectivity index (χ1) is 6.22. The molecule has 0 N–H and O–H groups in total. The summed E-state index contributed by atoms with van der Waals surface area (Å²) in [6.07, 6.45) is 3.94. The zero-order chi connectivity index (χ0) is 9.68. The first-order valence-corrected chi connectivity index (χ1v) is 4.40. The molecule has 0 bridgehead atoms. The average molecular weight is 174 g/mol. The summed E-state index contributed by atoms with van der Waals surface area (Å²) in [4.78, 5) is 10.5. The van der Waals surface area contributed by atoms with Crippen molar-refractivity contribution in [3.63, 3.8) is 0 Å². The van der Waals surface area contributed by atoms with Crippen LogP contribution < -0.4 is 0 Å². The molecule has 1 rings (SSSR count). The molecule has 1 aromatic rings. The van der Waals surface area contributed by atoms with Crippen molar-refractivity contribution in [3.8, 4) is 0 Å². The average Bonchev–Trinajstić information content (AvgIpc) is 2.15. The third-order valence-corrected chi connectivity index (χ3v) is 1.83. The number of aldehydes is 1. The highest BCUT2D eigenvalue weighted by molar-refractivity contribution is 5.74. The molecule has 1 aromatic carbocycles. The number of rotatable bonds is 3. The van der Waals surface area contributed by atoms with E-state index < -0.39 is 0 Å². The first-order valence-electron chi connectivity index (χ1n) is 4.40. The van der Waals surface area contributed by atoms with Gasteiger partial charge in [0.25, 0.3) is 0 Å². The molecular weight excluding hydrogens is 160 g/mol. The Labute approximate surface area is 79.1 Å². The summed E-state index contributed by atoms with van der Waals surface area (Å²) in [5, 5.41) is 0. The van der Waals surface area contributed by atoms with Crippen LogP contribution in [0.25, 0.3) is 0 Å². The van der Waals surface area contributed by atoms with Crippen molar-refractivity contribution in [1.29, 1.82) is 0 Å². The van der Waals surface area contributed by atoms with Crippen LogP contribution in [0.4, 0.5) is 0 Å². The molecular formula is C12H14O. The summed E-state index contributed by atoms with van der Waals surface area (Å²) in [6, 6.07) is 7.69. The van der Waals surface area contributed by atoms with Crippen molar-refractivity contribution in [3.05, 3.63) is 47.0 Å². The second-order valence-electron chi connectivity index (χ2n) is 3.35. The molecule has 1 heteroatoms. The third-order valence-electron chi connectivity index (χ3n) is 1.83. The smallest absolute Gasteiger partial charge is 0.150 e. The third kappa shape index (κ3) is 3.24. The van der Waals surface area contributed by atoms with E-state index in [0.717, 1.165) is 18.3 Å². The summed E-state index contributed by atoms with van der Waals surface area (Å²) < 4.78 is 0. The van der Waals surface area contributed by atoms with Gasteiger partial charge < -0.3 is 0 Å². The zero-order valence-corrected chi connectivity index (χ0v) is 8.08. The largest absolute Gasteiger partial charge is 0.298 e. The summed E-state index contributed by atoms with van der Waals surface area (Å²) in [5.41, 5.74) is 3.24. The van der Waals surface area contributed by atoms with E-state index in [2.05, 4.69) is 19.9 Å². The Hall–Kier alpha value is -1.37. The van der Waals surface area contributed by atoms with Crippen molar-refractivity contribution in [2.75, 3.05) is 0 Å². The highest BCUT2D eigenvalue weighted by atomic mass is 16.1. The van der Waals surface area contributed by atoms with E-state index >= 15 is 0 Å². The van der Waals surface area contributed by atoms with Gasteiger partial charge in [0.1, 0.15) is 6.29 Å². The van der Waals surface area contributed by atoms with E-state index in [1.165, 1.54) is 11.1 Å². The lowest BCUT2D eigenvalue weighted by atomic mass is 10.1. The van der Waals surface area contributed by atoms with Crippen LogP contribution in [0, 0.1) is 0 Å². The maximum atomic E-state index is 10.5.